The first kappa shape index (κ1) is 14.6. The van der Waals surface area contributed by atoms with Gasteiger partial charge in [-0.15, -0.1) is 0 Å². The Kier molecular flexibility index (Phi) is 2.68. The molecule has 0 nitrogen and oxygen atoms in total. The van der Waals surface area contributed by atoms with Gasteiger partial charge in [0.05, 0.1) is 0 Å². The highest BCUT2D eigenvalue weighted by atomic mass is 14.6. The van der Waals surface area contributed by atoms with Crippen LogP contribution in [0.15, 0.2) is 48.5 Å². The van der Waals surface area contributed by atoms with E-state index in [0.29, 0.717) is 5.41 Å². The van der Waals surface area contributed by atoms with E-state index in [1.165, 1.54) is 32.1 Å². The molecule has 0 saturated heterocycles. The van der Waals surface area contributed by atoms with Crippen LogP contribution >= 0.6 is 0 Å². The van der Waals surface area contributed by atoms with Gasteiger partial charge in [-0.2, -0.15) is 0 Å². The monoisotopic (exact) mass is 328 g/mol. The van der Waals surface area contributed by atoms with E-state index in [2.05, 4.69) is 62.4 Å². The maximum Gasteiger partial charge on any atom is 0.0265 e. The summed E-state index contributed by atoms with van der Waals surface area (Å²) in [6, 6.07) is 19.0. The molecule has 5 aliphatic carbocycles. The molecule has 0 N–H and O–H groups in total. The van der Waals surface area contributed by atoms with Gasteiger partial charge in [0.1, 0.15) is 0 Å². The number of fused-ring (bicyclic) bond motifs is 2. The molecule has 0 amide bonds. The van der Waals surface area contributed by atoms with Crippen LogP contribution in [0.4, 0.5) is 0 Å². The lowest BCUT2D eigenvalue weighted by Crippen LogP contribution is -2.58. The zero-order valence-corrected chi connectivity index (χ0v) is 15.5. The van der Waals surface area contributed by atoms with E-state index in [4.69, 9.17) is 0 Å². The van der Waals surface area contributed by atoms with Crippen LogP contribution in [-0.2, 0) is 10.8 Å². The van der Waals surface area contributed by atoms with Crippen molar-refractivity contribution in [3.05, 3.63) is 70.8 Å². The fourth-order valence-electron chi connectivity index (χ4n) is 7.88. The van der Waals surface area contributed by atoms with Crippen molar-refractivity contribution in [1.29, 1.82) is 0 Å². The van der Waals surface area contributed by atoms with Crippen molar-refractivity contribution in [2.45, 2.75) is 56.8 Å². The van der Waals surface area contributed by atoms with Gasteiger partial charge >= 0.3 is 0 Å². The van der Waals surface area contributed by atoms with Gasteiger partial charge in [0.15, 0.2) is 0 Å². The Labute approximate surface area is 151 Å². The molecular formula is C25H28. The van der Waals surface area contributed by atoms with E-state index in [-0.39, 0.29) is 5.41 Å². The molecule has 4 bridgehead atoms. The molecule has 5 aliphatic rings. The first-order chi connectivity index (χ1) is 12.1. The molecule has 0 atom stereocenters. The molecule has 0 heteroatoms. The largest absolute Gasteiger partial charge is 0.0619 e. The lowest BCUT2D eigenvalue weighted by Gasteiger charge is -2.64. The second kappa shape index (κ2) is 4.58. The molecule has 25 heavy (non-hydrogen) atoms. The van der Waals surface area contributed by atoms with Gasteiger partial charge in [-0.3, -0.25) is 0 Å². The third-order valence-electron chi connectivity index (χ3n) is 8.52. The van der Waals surface area contributed by atoms with E-state index < -0.39 is 0 Å². The average molecular weight is 328 g/mol. The van der Waals surface area contributed by atoms with Crippen LogP contribution in [0.2, 0.25) is 0 Å². The van der Waals surface area contributed by atoms with Crippen LogP contribution in [0.5, 0.6) is 0 Å². The predicted octanol–water partition coefficient (Wildman–Crippen LogP) is 6.07. The summed E-state index contributed by atoms with van der Waals surface area (Å²) in [5.74, 6) is 3.76. The van der Waals surface area contributed by atoms with Crippen molar-refractivity contribution in [3.63, 3.8) is 0 Å². The molecular weight excluding hydrogens is 300 g/mol. The van der Waals surface area contributed by atoms with Gasteiger partial charge in [-0.25, -0.2) is 0 Å². The SMILES string of the molecule is CC1(C)c2ccccc2C2(c3ccccc31)C1CC3CC(C1)CC2C3. The average Bonchev–Trinajstić information content (AvgIpc) is 2.61. The van der Waals surface area contributed by atoms with Crippen molar-refractivity contribution < 1.29 is 0 Å². The highest BCUT2D eigenvalue weighted by molar-refractivity contribution is 5.61. The minimum absolute atomic E-state index is 0.118. The van der Waals surface area contributed by atoms with Crippen molar-refractivity contribution >= 4 is 0 Å². The standard InChI is InChI=1S/C25H28/c1-24(2)20-7-3-5-9-22(20)25(23-10-6-4-8-21(23)24)18-12-16-11-17(14-18)15-19(25)13-16/h3-10,16-19H,11-15H2,1-2H3. The predicted molar refractivity (Wildman–Crippen MR) is 103 cm³/mol. The fourth-order valence-corrected chi connectivity index (χ4v) is 7.88. The van der Waals surface area contributed by atoms with E-state index in [0.717, 1.165) is 23.7 Å². The number of rotatable bonds is 0. The lowest BCUT2D eigenvalue weighted by molar-refractivity contribution is -0.0443. The minimum Gasteiger partial charge on any atom is -0.0619 e. The molecule has 1 spiro atoms. The molecule has 128 valence electrons. The summed E-state index contributed by atoms with van der Waals surface area (Å²) < 4.78 is 0. The Bertz CT molecular complexity index is 776. The topological polar surface area (TPSA) is 0 Å². The van der Waals surface area contributed by atoms with E-state index in [1.807, 2.05) is 0 Å². The van der Waals surface area contributed by atoms with Crippen LogP contribution in [0.1, 0.15) is 68.2 Å². The molecule has 2 aromatic carbocycles. The molecule has 0 aliphatic heterocycles. The quantitative estimate of drug-likeness (QED) is 0.551. The normalized spacial score (nSPS) is 35.4. The Morgan fingerprint density at radius 3 is 1.44 bits per heavy atom. The maximum absolute atomic E-state index is 2.50. The van der Waals surface area contributed by atoms with Gasteiger partial charge in [0.2, 0.25) is 0 Å². The van der Waals surface area contributed by atoms with Gasteiger partial charge in [-0.05, 0) is 78.0 Å². The molecule has 7 rings (SSSR count). The first-order valence-corrected chi connectivity index (χ1v) is 10.3. The van der Waals surface area contributed by atoms with Gasteiger partial charge in [-0.1, -0.05) is 62.4 Å². The number of hydrogen-bond donors (Lipinski definition) is 0. The van der Waals surface area contributed by atoms with E-state index in [1.54, 1.807) is 22.3 Å². The zero-order valence-electron chi connectivity index (χ0n) is 15.5. The Balaban J connectivity index is 1.71. The van der Waals surface area contributed by atoms with Crippen LogP contribution in [0, 0.1) is 23.7 Å². The first-order valence-electron chi connectivity index (χ1n) is 10.3. The van der Waals surface area contributed by atoms with E-state index in [9.17, 15) is 0 Å². The Morgan fingerprint density at radius 2 is 1.00 bits per heavy atom. The maximum atomic E-state index is 2.50. The summed E-state index contributed by atoms with van der Waals surface area (Å²) in [6.45, 7) is 4.88. The zero-order chi connectivity index (χ0) is 16.8. The van der Waals surface area contributed by atoms with Crippen LogP contribution < -0.4 is 0 Å². The molecule has 4 fully saturated rings. The van der Waals surface area contributed by atoms with Gasteiger partial charge in [0, 0.05) is 10.8 Å². The minimum atomic E-state index is 0.118. The second-order valence-electron chi connectivity index (χ2n) is 9.89. The van der Waals surface area contributed by atoms with Crippen molar-refractivity contribution in [3.8, 4) is 0 Å². The second-order valence-corrected chi connectivity index (χ2v) is 9.89. The lowest BCUT2D eigenvalue weighted by atomic mass is 9.39. The summed E-state index contributed by atoms with van der Waals surface area (Å²) in [5, 5.41) is 0. The Morgan fingerprint density at radius 1 is 0.600 bits per heavy atom. The van der Waals surface area contributed by atoms with Crippen molar-refractivity contribution in [2.75, 3.05) is 0 Å². The van der Waals surface area contributed by atoms with Crippen molar-refractivity contribution in [2.24, 2.45) is 23.7 Å². The molecule has 0 unspecified atom stereocenters. The Hall–Kier alpha value is -1.56. The smallest absolute Gasteiger partial charge is 0.0265 e. The molecule has 4 saturated carbocycles. The fraction of sp³-hybridized carbons (Fsp3) is 0.520. The summed E-state index contributed by atoms with van der Waals surface area (Å²) in [7, 11) is 0. The molecule has 0 heterocycles. The van der Waals surface area contributed by atoms with E-state index >= 15 is 0 Å². The third-order valence-corrected chi connectivity index (χ3v) is 8.52. The van der Waals surface area contributed by atoms with Gasteiger partial charge in [0.25, 0.3) is 0 Å². The molecule has 0 radical (unpaired) electrons. The summed E-state index contributed by atoms with van der Waals surface area (Å²) in [5.41, 5.74) is 6.99. The summed E-state index contributed by atoms with van der Waals surface area (Å²) in [4.78, 5) is 0. The summed E-state index contributed by atoms with van der Waals surface area (Å²) in [6.07, 6.45) is 7.40. The van der Waals surface area contributed by atoms with Crippen LogP contribution in [0.3, 0.4) is 0 Å². The number of benzene rings is 2. The highest BCUT2D eigenvalue weighted by Gasteiger charge is 2.61. The molecule has 2 aromatic rings. The third kappa shape index (κ3) is 1.60. The molecule has 0 aromatic heterocycles. The number of hydrogen-bond acceptors (Lipinski definition) is 0. The highest BCUT2D eigenvalue weighted by Crippen LogP contribution is 2.68. The van der Waals surface area contributed by atoms with Crippen molar-refractivity contribution in [1.82, 2.24) is 0 Å². The summed E-state index contributed by atoms with van der Waals surface area (Å²) >= 11 is 0. The van der Waals surface area contributed by atoms with Crippen LogP contribution in [-0.4, -0.2) is 0 Å². The van der Waals surface area contributed by atoms with Gasteiger partial charge < -0.3 is 0 Å². The van der Waals surface area contributed by atoms with Crippen LogP contribution in [0.25, 0.3) is 0 Å².